The molecule has 0 saturated heterocycles. The quantitative estimate of drug-likeness (QED) is 0.175. The van der Waals surface area contributed by atoms with Gasteiger partial charge in [-0.3, -0.25) is 4.79 Å². The van der Waals surface area contributed by atoms with Gasteiger partial charge < -0.3 is 0 Å². The van der Waals surface area contributed by atoms with Gasteiger partial charge in [-0.05, 0) is 40.5 Å². The van der Waals surface area contributed by atoms with Crippen LogP contribution in [0, 0.1) is 10.8 Å². The zero-order valence-electron chi connectivity index (χ0n) is 25.7. The first-order valence-corrected chi connectivity index (χ1v) is 18.0. The molecule has 1 aromatic rings. The molecule has 1 aliphatic rings. The molecule has 1 aromatic carbocycles. The van der Waals surface area contributed by atoms with E-state index in [9.17, 15) is 9.59 Å². The van der Waals surface area contributed by atoms with Crippen molar-refractivity contribution in [1.82, 2.24) is 0 Å². The maximum atomic E-state index is 13.3. The minimum absolute atomic E-state index is 0.0757. The predicted octanol–water partition coefficient (Wildman–Crippen LogP) is 7.76. The van der Waals surface area contributed by atoms with Gasteiger partial charge in [0.1, 0.15) is 0 Å². The molecule has 1 aliphatic carbocycles. The van der Waals surface area contributed by atoms with E-state index in [1.54, 1.807) is 6.92 Å². The topological polar surface area (TPSA) is 61.8 Å². The first-order chi connectivity index (χ1) is 17.6. The maximum absolute atomic E-state index is 13.3. The first-order valence-electron chi connectivity index (χ1n) is 14.7. The van der Waals surface area contributed by atoms with Gasteiger partial charge in [0.25, 0.3) is 0 Å². The Morgan fingerprint density at radius 2 is 1.39 bits per heavy atom. The Balaban J connectivity index is 2.03. The number of ether oxygens (including phenoxy) is 3. The normalized spacial score (nSPS) is 17.5. The third kappa shape index (κ3) is 9.63. The first kappa shape index (κ1) is 32.8. The van der Waals surface area contributed by atoms with Crippen LogP contribution in [0.4, 0.5) is 0 Å². The number of carbonyl (C=O) groups excluding carboxylic acids is 2. The standard InChI is InChI=1S/C32H55O5P/c1-10-30(3,4)28(33)36-23-32(7,24-37-31(5,6)11-2)29(34)35-21-25-17-19-26(20-18-25)22-38(8,9)27-15-13-12-14-16-27/h17-20,27,38H,10-16,21-24H2,1-9H3. The molecule has 218 valence electrons. The Hall–Kier alpha value is -1.45. The molecule has 0 spiro atoms. The van der Waals surface area contributed by atoms with Crippen molar-refractivity contribution in [3.05, 3.63) is 35.4 Å². The van der Waals surface area contributed by atoms with E-state index < -0.39 is 29.7 Å². The van der Waals surface area contributed by atoms with Gasteiger partial charge in [-0.15, -0.1) is 0 Å². The van der Waals surface area contributed by atoms with Gasteiger partial charge in [0.05, 0.1) is 5.41 Å². The molecule has 1 fully saturated rings. The molecule has 2 rings (SSSR count). The van der Waals surface area contributed by atoms with Crippen LogP contribution in [-0.2, 0) is 36.6 Å². The molecule has 0 amide bonds. The van der Waals surface area contributed by atoms with E-state index >= 15 is 0 Å². The number of benzene rings is 1. The zero-order valence-corrected chi connectivity index (χ0v) is 26.7. The molecule has 6 heteroatoms. The summed E-state index contributed by atoms with van der Waals surface area (Å²) in [4.78, 5) is 25.9. The van der Waals surface area contributed by atoms with E-state index in [0.29, 0.717) is 6.42 Å². The van der Waals surface area contributed by atoms with Crippen molar-refractivity contribution in [2.24, 2.45) is 10.8 Å². The molecule has 5 nitrogen and oxygen atoms in total. The van der Waals surface area contributed by atoms with E-state index in [4.69, 9.17) is 14.2 Å². The fourth-order valence-electron chi connectivity index (χ4n) is 4.81. The summed E-state index contributed by atoms with van der Waals surface area (Å²) in [6.07, 6.45) is 9.62. The third-order valence-electron chi connectivity index (χ3n) is 8.85. The van der Waals surface area contributed by atoms with Crippen LogP contribution in [0.25, 0.3) is 0 Å². The molecular formula is C32H55O5P. The molecular weight excluding hydrogens is 495 g/mol. The van der Waals surface area contributed by atoms with Crippen LogP contribution in [-0.4, -0.2) is 49.7 Å². The number of hydrogen-bond acceptors (Lipinski definition) is 5. The van der Waals surface area contributed by atoms with E-state index in [1.807, 2.05) is 41.5 Å². The fourth-order valence-corrected chi connectivity index (χ4v) is 8.36. The summed E-state index contributed by atoms with van der Waals surface area (Å²) in [6, 6.07) is 8.54. The molecule has 0 N–H and O–H groups in total. The Morgan fingerprint density at radius 3 is 1.95 bits per heavy atom. The van der Waals surface area contributed by atoms with Crippen molar-refractivity contribution in [2.45, 2.75) is 117 Å². The molecule has 1 saturated carbocycles. The summed E-state index contributed by atoms with van der Waals surface area (Å²) in [5.74, 6) is -0.731. The van der Waals surface area contributed by atoms with Crippen molar-refractivity contribution >= 4 is 19.2 Å². The van der Waals surface area contributed by atoms with E-state index in [2.05, 4.69) is 37.6 Å². The van der Waals surface area contributed by atoms with E-state index in [-0.39, 0.29) is 25.8 Å². The minimum atomic E-state index is -1.33. The van der Waals surface area contributed by atoms with Crippen molar-refractivity contribution in [2.75, 3.05) is 26.5 Å². The average Bonchev–Trinajstić information content (AvgIpc) is 2.90. The number of carbonyl (C=O) groups is 2. The molecule has 0 radical (unpaired) electrons. The van der Waals surface area contributed by atoms with E-state index in [1.165, 1.54) is 43.8 Å². The van der Waals surface area contributed by atoms with Crippen molar-refractivity contribution in [3.63, 3.8) is 0 Å². The van der Waals surface area contributed by atoms with Crippen LogP contribution in [0.1, 0.15) is 105 Å². The Labute approximate surface area is 233 Å². The fraction of sp³-hybridized carbons (Fsp3) is 0.750. The molecule has 0 heterocycles. The SMILES string of the molecule is CCC(C)(C)OCC(C)(COC(=O)C(C)(C)CC)C(=O)OCc1ccc(C[PH](C)(C)C2CCCCC2)cc1. The van der Waals surface area contributed by atoms with Crippen LogP contribution in [0.3, 0.4) is 0 Å². The van der Waals surface area contributed by atoms with Crippen LogP contribution in [0.2, 0.25) is 0 Å². The van der Waals surface area contributed by atoms with Crippen molar-refractivity contribution in [3.8, 4) is 0 Å². The summed E-state index contributed by atoms with van der Waals surface area (Å²) in [5.41, 5.74) is 1.17. The Bertz CT molecular complexity index is 899. The summed E-state index contributed by atoms with van der Waals surface area (Å²) in [7, 11) is -1.33. The number of esters is 2. The van der Waals surface area contributed by atoms with Gasteiger partial charge >= 0.3 is 169 Å². The second-order valence-corrected chi connectivity index (χ2v) is 18.8. The predicted molar refractivity (Wildman–Crippen MR) is 160 cm³/mol. The van der Waals surface area contributed by atoms with Gasteiger partial charge in [-0.25, -0.2) is 0 Å². The summed E-state index contributed by atoms with van der Waals surface area (Å²) in [6.45, 7) is 18.7. The van der Waals surface area contributed by atoms with Crippen LogP contribution in [0.5, 0.6) is 0 Å². The Kier molecular flexibility index (Phi) is 11.9. The van der Waals surface area contributed by atoms with Gasteiger partial charge in [0.15, 0.2) is 0 Å². The van der Waals surface area contributed by atoms with E-state index in [0.717, 1.165) is 17.6 Å². The van der Waals surface area contributed by atoms with Crippen molar-refractivity contribution < 1.29 is 23.8 Å². The van der Waals surface area contributed by atoms with Crippen LogP contribution >= 0.6 is 7.26 Å². The molecule has 38 heavy (non-hydrogen) atoms. The third-order valence-corrected chi connectivity index (χ3v) is 13.0. The summed E-state index contributed by atoms with van der Waals surface area (Å²) in [5, 5.41) is 0. The number of hydrogen-bond donors (Lipinski definition) is 0. The second-order valence-electron chi connectivity index (χ2n) is 13.7. The number of rotatable bonds is 14. The second kappa shape index (κ2) is 13.8. The molecule has 0 bridgehead atoms. The Morgan fingerprint density at radius 1 is 0.816 bits per heavy atom. The monoisotopic (exact) mass is 550 g/mol. The molecule has 1 atom stereocenters. The van der Waals surface area contributed by atoms with Gasteiger partial charge in [-0.1, -0.05) is 13.8 Å². The summed E-state index contributed by atoms with van der Waals surface area (Å²) < 4.78 is 17.5. The molecule has 1 unspecified atom stereocenters. The van der Waals surface area contributed by atoms with Gasteiger partial charge in [-0.2, -0.15) is 0 Å². The molecule has 0 aliphatic heterocycles. The molecule has 0 aromatic heterocycles. The summed E-state index contributed by atoms with van der Waals surface area (Å²) >= 11 is 0. The van der Waals surface area contributed by atoms with Gasteiger partial charge in [0.2, 0.25) is 0 Å². The van der Waals surface area contributed by atoms with Crippen molar-refractivity contribution in [1.29, 1.82) is 0 Å². The average molecular weight is 551 g/mol. The zero-order chi connectivity index (χ0) is 28.6. The van der Waals surface area contributed by atoms with Crippen LogP contribution in [0.15, 0.2) is 24.3 Å². The van der Waals surface area contributed by atoms with Gasteiger partial charge in [0, 0.05) is 0 Å². The van der Waals surface area contributed by atoms with Crippen LogP contribution < -0.4 is 0 Å².